The standard InChI is InChI=1S/C10H12ClN3S/c1-7-8(11)3-2-4-9(7)13-14-10-12-5-6-15-10/h2-4,13H,5-6H2,1H3,(H,12,14). The summed E-state index contributed by atoms with van der Waals surface area (Å²) in [7, 11) is 0. The van der Waals surface area contributed by atoms with Crippen molar-refractivity contribution in [3.05, 3.63) is 28.8 Å². The zero-order valence-electron chi connectivity index (χ0n) is 8.38. The SMILES string of the molecule is Cc1c(Cl)cccc1NNC1=NCCS1. The Bertz CT molecular complexity index is 392. The van der Waals surface area contributed by atoms with Gasteiger partial charge >= 0.3 is 0 Å². The van der Waals surface area contributed by atoms with E-state index in [0.717, 1.165) is 33.7 Å². The number of hydrogen-bond acceptors (Lipinski definition) is 4. The second kappa shape index (κ2) is 4.77. The first-order valence-corrected chi connectivity index (χ1v) is 6.08. The number of anilines is 1. The summed E-state index contributed by atoms with van der Waals surface area (Å²) < 4.78 is 0. The summed E-state index contributed by atoms with van der Waals surface area (Å²) in [6, 6.07) is 5.78. The van der Waals surface area contributed by atoms with Crippen LogP contribution in [0.4, 0.5) is 5.69 Å². The van der Waals surface area contributed by atoms with E-state index < -0.39 is 0 Å². The molecule has 0 saturated carbocycles. The molecule has 1 aliphatic heterocycles. The summed E-state index contributed by atoms with van der Waals surface area (Å²) >= 11 is 7.72. The van der Waals surface area contributed by atoms with Crippen LogP contribution in [0.15, 0.2) is 23.2 Å². The second-order valence-electron chi connectivity index (χ2n) is 3.20. The van der Waals surface area contributed by atoms with Crippen molar-refractivity contribution in [2.24, 2.45) is 4.99 Å². The van der Waals surface area contributed by atoms with Crippen LogP contribution in [-0.4, -0.2) is 17.5 Å². The Balaban J connectivity index is 2.01. The third kappa shape index (κ3) is 2.58. The largest absolute Gasteiger partial charge is 0.299 e. The summed E-state index contributed by atoms with van der Waals surface area (Å²) in [6.07, 6.45) is 0. The highest BCUT2D eigenvalue weighted by atomic mass is 35.5. The molecule has 0 spiro atoms. The predicted molar refractivity (Wildman–Crippen MR) is 67.7 cm³/mol. The average Bonchev–Trinajstić information content (AvgIpc) is 2.73. The van der Waals surface area contributed by atoms with Gasteiger partial charge in [-0.3, -0.25) is 15.8 Å². The first-order chi connectivity index (χ1) is 7.27. The highest BCUT2D eigenvalue weighted by Crippen LogP contribution is 2.22. The zero-order chi connectivity index (χ0) is 10.7. The van der Waals surface area contributed by atoms with Crippen LogP contribution in [0.25, 0.3) is 0 Å². The van der Waals surface area contributed by atoms with Crippen LogP contribution >= 0.6 is 23.4 Å². The predicted octanol–water partition coefficient (Wildman–Crippen LogP) is 2.67. The minimum atomic E-state index is 0.766. The van der Waals surface area contributed by atoms with Gasteiger partial charge in [-0.2, -0.15) is 0 Å². The summed E-state index contributed by atoms with van der Waals surface area (Å²) in [5.41, 5.74) is 8.20. The van der Waals surface area contributed by atoms with Gasteiger partial charge in [-0.15, -0.1) is 0 Å². The Kier molecular flexibility index (Phi) is 3.38. The molecule has 0 atom stereocenters. The number of hydrogen-bond donors (Lipinski definition) is 2. The first-order valence-electron chi connectivity index (χ1n) is 4.72. The van der Waals surface area contributed by atoms with Crippen molar-refractivity contribution in [2.75, 3.05) is 17.7 Å². The van der Waals surface area contributed by atoms with Crippen LogP contribution in [-0.2, 0) is 0 Å². The number of benzene rings is 1. The Morgan fingerprint density at radius 1 is 1.40 bits per heavy atom. The number of aliphatic imine (C=N–C) groups is 1. The molecule has 1 aromatic rings. The molecule has 0 amide bonds. The fourth-order valence-corrected chi connectivity index (χ4v) is 2.13. The molecule has 0 aliphatic carbocycles. The molecular weight excluding hydrogens is 230 g/mol. The zero-order valence-corrected chi connectivity index (χ0v) is 9.95. The topological polar surface area (TPSA) is 36.4 Å². The van der Waals surface area contributed by atoms with Crippen molar-refractivity contribution in [1.82, 2.24) is 5.43 Å². The number of rotatable bonds is 2. The van der Waals surface area contributed by atoms with Gasteiger partial charge in [0.05, 0.1) is 12.2 Å². The number of hydrazine groups is 1. The maximum atomic E-state index is 6.01. The molecule has 1 aliphatic rings. The lowest BCUT2D eigenvalue weighted by Gasteiger charge is -2.11. The third-order valence-corrected chi connectivity index (χ3v) is 3.46. The Morgan fingerprint density at radius 2 is 2.27 bits per heavy atom. The van der Waals surface area contributed by atoms with Crippen molar-refractivity contribution >= 4 is 34.2 Å². The Hall–Kier alpha value is -0.870. The highest BCUT2D eigenvalue weighted by Gasteiger charge is 2.06. The average molecular weight is 242 g/mol. The lowest BCUT2D eigenvalue weighted by atomic mass is 10.2. The fraction of sp³-hybridized carbons (Fsp3) is 0.300. The van der Waals surface area contributed by atoms with Crippen molar-refractivity contribution in [3.63, 3.8) is 0 Å². The number of halogens is 1. The van der Waals surface area contributed by atoms with Gasteiger partial charge in [0.2, 0.25) is 0 Å². The van der Waals surface area contributed by atoms with E-state index in [0.29, 0.717) is 0 Å². The monoisotopic (exact) mass is 241 g/mol. The molecule has 0 radical (unpaired) electrons. The number of thioether (sulfide) groups is 1. The van der Waals surface area contributed by atoms with Gasteiger partial charge < -0.3 is 0 Å². The molecule has 0 unspecified atom stereocenters. The van der Waals surface area contributed by atoms with Gasteiger partial charge in [-0.1, -0.05) is 29.4 Å². The number of nitrogens with one attached hydrogen (secondary N) is 2. The maximum Gasteiger partial charge on any atom is 0.175 e. The highest BCUT2D eigenvalue weighted by molar-refractivity contribution is 8.14. The van der Waals surface area contributed by atoms with Crippen molar-refractivity contribution in [2.45, 2.75) is 6.92 Å². The van der Waals surface area contributed by atoms with Crippen LogP contribution in [0.5, 0.6) is 0 Å². The molecule has 5 heteroatoms. The van der Waals surface area contributed by atoms with Gasteiger partial charge in [0.1, 0.15) is 0 Å². The fourth-order valence-electron chi connectivity index (χ4n) is 1.27. The Morgan fingerprint density at radius 3 is 3.00 bits per heavy atom. The van der Waals surface area contributed by atoms with E-state index in [-0.39, 0.29) is 0 Å². The van der Waals surface area contributed by atoms with Crippen LogP contribution in [0, 0.1) is 6.92 Å². The van der Waals surface area contributed by atoms with Crippen LogP contribution in [0.2, 0.25) is 5.02 Å². The molecule has 0 saturated heterocycles. The smallest absolute Gasteiger partial charge is 0.175 e. The summed E-state index contributed by atoms with van der Waals surface area (Å²) in [4.78, 5) is 4.28. The Labute approximate surface area is 98.3 Å². The maximum absolute atomic E-state index is 6.01. The van der Waals surface area contributed by atoms with E-state index in [9.17, 15) is 0 Å². The lowest BCUT2D eigenvalue weighted by Crippen LogP contribution is -2.26. The molecule has 80 valence electrons. The van der Waals surface area contributed by atoms with E-state index in [4.69, 9.17) is 11.6 Å². The molecule has 0 fully saturated rings. The van der Waals surface area contributed by atoms with Crippen LogP contribution in [0.3, 0.4) is 0 Å². The molecule has 2 N–H and O–H groups in total. The molecule has 1 aromatic carbocycles. The van der Waals surface area contributed by atoms with Crippen molar-refractivity contribution in [1.29, 1.82) is 0 Å². The molecule has 1 heterocycles. The van der Waals surface area contributed by atoms with Gasteiger partial charge in [0, 0.05) is 10.8 Å². The minimum Gasteiger partial charge on any atom is -0.299 e. The van der Waals surface area contributed by atoms with Crippen molar-refractivity contribution < 1.29 is 0 Å². The normalized spacial score (nSPS) is 14.9. The van der Waals surface area contributed by atoms with E-state index in [1.54, 1.807) is 11.8 Å². The molecule has 3 nitrogen and oxygen atoms in total. The van der Waals surface area contributed by atoms with Gasteiger partial charge in [-0.25, -0.2) is 0 Å². The summed E-state index contributed by atoms with van der Waals surface area (Å²) in [5.74, 6) is 1.05. The quantitative estimate of drug-likeness (QED) is 0.782. The summed E-state index contributed by atoms with van der Waals surface area (Å²) in [6.45, 7) is 2.87. The van der Waals surface area contributed by atoms with Crippen LogP contribution < -0.4 is 10.9 Å². The van der Waals surface area contributed by atoms with E-state index in [1.165, 1.54) is 0 Å². The first kappa shape index (κ1) is 10.6. The minimum absolute atomic E-state index is 0.766. The third-order valence-electron chi connectivity index (χ3n) is 2.16. The number of nitrogens with zero attached hydrogens (tertiary/aromatic N) is 1. The molecule has 2 rings (SSSR count). The van der Waals surface area contributed by atoms with Crippen LogP contribution in [0.1, 0.15) is 5.56 Å². The second-order valence-corrected chi connectivity index (χ2v) is 4.69. The van der Waals surface area contributed by atoms with E-state index >= 15 is 0 Å². The summed E-state index contributed by atoms with van der Waals surface area (Å²) in [5, 5.41) is 1.71. The van der Waals surface area contributed by atoms with Gasteiger partial charge in [0.15, 0.2) is 5.17 Å². The molecule has 15 heavy (non-hydrogen) atoms. The number of amidine groups is 1. The molecule has 0 bridgehead atoms. The van der Waals surface area contributed by atoms with Gasteiger partial charge in [-0.05, 0) is 24.6 Å². The van der Waals surface area contributed by atoms with Crippen molar-refractivity contribution in [3.8, 4) is 0 Å². The van der Waals surface area contributed by atoms with E-state index in [1.807, 2.05) is 25.1 Å². The molecular formula is C10H12ClN3S. The lowest BCUT2D eigenvalue weighted by molar-refractivity contribution is 1.09. The molecule has 0 aromatic heterocycles. The van der Waals surface area contributed by atoms with E-state index in [2.05, 4.69) is 15.8 Å². The van der Waals surface area contributed by atoms with Gasteiger partial charge in [0.25, 0.3) is 0 Å².